The Hall–Kier alpha value is -2.05. The highest BCUT2D eigenvalue weighted by Gasteiger charge is 2.35. The lowest BCUT2D eigenvalue weighted by Gasteiger charge is -2.24. The first-order valence-electron chi connectivity index (χ1n) is 8.85. The number of benzene rings is 2. The molecule has 1 fully saturated rings. The molecule has 1 saturated heterocycles. The van der Waals surface area contributed by atoms with Crippen LogP contribution in [0.25, 0.3) is 0 Å². The lowest BCUT2D eigenvalue weighted by molar-refractivity contribution is -0.137. The second kappa shape index (κ2) is 8.31. The normalized spacial score (nSPS) is 20.5. The SMILES string of the molecule is C[C@@H](Oc1ccccc1)C(=O)N1CC[C@H](c2ccccc2Cl)S(=O)(=O)CC1. The van der Waals surface area contributed by atoms with Gasteiger partial charge in [-0.15, -0.1) is 0 Å². The van der Waals surface area contributed by atoms with E-state index < -0.39 is 21.2 Å². The van der Waals surface area contributed by atoms with Crippen LogP contribution < -0.4 is 4.74 Å². The average molecular weight is 408 g/mol. The molecule has 2 aromatic carbocycles. The van der Waals surface area contributed by atoms with Crippen LogP contribution in [0, 0.1) is 0 Å². The molecule has 5 nitrogen and oxygen atoms in total. The van der Waals surface area contributed by atoms with Crippen molar-refractivity contribution < 1.29 is 17.9 Å². The van der Waals surface area contributed by atoms with E-state index in [0.717, 1.165) is 0 Å². The number of halogens is 1. The minimum absolute atomic E-state index is 0.0906. The molecular weight excluding hydrogens is 386 g/mol. The zero-order chi connectivity index (χ0) is 19.4. The van der Waals surface area contributed by atoms with E-state index in [9.17, 15) is 13.2 Å². The fourth-order valence-corrected chi connectivity index (χ4v) is 5.41. The molecule has 1 aliphatic heterocycles. The van der Waals surface area contributed by atoms with Crippen molar-refractivity contribution in [3.63, 3.8) is 0 Å². The predicted molar refractivity (Wildman–Crippen MR) is 106 cm³/mol. The van der Waals surface area contributed by atoms with E-state index >= 15 is 0 Å². The van der Waals surface area contributed by atoms with Gasteiger partial charge in [0, 0.05) is 18.1 Å². The Kier molecular flexibility index (Phi) is 6.07. The van der Waals surface area contributed by atoms with Crippen LogP contribution in [0.3, 0.4) is 0 Å². The molecule has 144 valence electrons. The summed E-state index contributed by atoms with van der Waals surface area (Å²) in [6.07, 6.45) is -0.373. The molecule has 27 heavy (non-hydrogen) atoms. The standard InChI is InChI=1S/C20H22ClNO4S/c1-15(26-16-7-3-2-4-8-16)20(23)22-12-11-19(27(24,25)14-13-22)17-9-5-6-10-18(17)21/h2-10,15,19H,11-14H2,1H3/t15-,19-/m1/s1. The molecular formula is C20H22ClNO4S. The van der Waals surface area contributed by atoms with Crippen molar-refractivity contribution in [3.8, 4) is 5.75 Å². The summed E-state index contributed by atoms with van der Waals surface area (Å²) in [6.45, 7) is 2.18. The molecule has 2 atom stereocenters. The first kappa shape index (κ1) is 19.7. The maximum atomic E-state index is 12.8. The molecule has 0 radical (unpaired) electrons. The summed E-state index contributed by atoms with van der Waals surface area (Å²) in [5.74, 6) is 0.302. The number of carbonyl (C=O) groups excluding carboxylic acids is 1. The number of nitrogens with zero attached hydrogens (tertiary/aromatic N) is 1. The highest BCUT2D eigenvalue weighted by Crippen LogP contribution is 2.34. The maximum Gasteiger partial charge on any atom is 0.263 e. The van der Waals surface area contributed by atoms with Gasteiger partial charge in [0.05, 0.1) is 11.0 Å². The third-order valence-electron chi connectivity index (χ3n) is 4.71. The number of rotatable bonds is 4. The Morgan fingerprint density at radius 3 is 2.48 bits per heavy atom. The number of amides is 1. The van der Waals surface area contributed by atoms with Gasteiger partial charge in [-0.05, 0) is 37.1 Å². The Balaban J connectivity index is 1.73. The molecule has 1 heterocycles. The van der Waals surface area contributed by atoms with Gasteiger partial charge in [0.2, 0.25) is 0 Å². The van der Waals surface area contributed by atoms with Crippen LogP contribution in [0.1, 0.15) is 24.2 Å². The molecule has 0 saturated carbocycles. The first-order valence-corrected chi connectivity index (χ1v) is 10.9. The zero-order valence-electron chi connectivity index (χ0n) is 15.0. The number of sulfone groups is 1. The lowest BCUT2D eigenvalue weighted by atomic mass is 10.1. The monoisotopic (exact) mass is 407 g/mol. The van der Waals surface area contributed by atoms with Gasteiger partial charge in [0.1, 0.15) is 5.75 Å². The fourth-order valence-electron chi connectivity index (χ4n) is 3.26. The van der Waals surface area contributed by atoms with E-state index in [-0.39, 0.29) is 18.2 Å². The highest BCUT2D eigenvalue weighted by molar-refractivity contribution is 7.91. The topological polar surface area (TPSA) is 63.7 Å². The number of carbonyl (C=O) groups is 1. The van der Waals surface area contributed by atoms with E-state index in [0.29, 0.717) is 29.3 Å². The molecule has 2 aromatic rings. The Bertz CT molecular complexity index is 901. The Morgan fingerprint density at radius 2 is 1.78 bits per heavy atom. The highest BCUT2D eigenvalue weighted by atomic mass is 35.5. The van der Waals surface area contributed by atoms with Crippen LogP contribution in [0.15, 0.2) is 54.6 Å². The molecule has 1 aliphatic rings. The van der Waals surface area contributed by atoms with Gasteiger partial charge in [-0.25, -0.2) is 8.42 Å². The van der Waals surface area contributed by atoms with Gasteiger partial charge in [-0.1, -0.05) is 48.0 Å². The third kappa shape index (κ3) is 4.62. The summed E-state index contributed by atoms with van der Waals surface area (Å²) in [4.78, 5) is 14.3. The van der Waals surface area contributed by atoms with E-state index in [2.05, 4.69) is 0 Å². The van der Waals surface area contributed by atoms with Gasteiger partial charge in [-0.2, -0.15) is 0 Å². The largest absolute Gasteiger partial charge is 0.481 e. The van der Waals surface area contributed by atoms with Gasteiger partial charge in [0.25, 0.3) is 5.91 Å². The summed E-state index contributed by atoms with van der Waals surface area (Å²) in [6, 6.07) is 16.1. The molecule has 3 rings (SSSR count). The van der Waals surface area contributed by atoms with E-state index in [4.69, 9.17) is 16.3 Å². The molecule has 1 amide bonds. The van der Waals surface area contributed by atoms with Crippen LogP contribution in [0.5, 0.6) is 5.75 Å². The molecule has 0 unspecified atom stereocenters. The Morgan fingerprint density at radius 1 is 1.11 bits per heavy atom. The minimum Gasteiger partial charge on any atom is -0.481 e. The quantitative estimate of drug-likeness (QED) is 0.778. The molecule has 0 N–H and O–H groups in total. The van der Waals surface area contributed by atoms with Gasteiger partial charge in [-0.3, -0.25) is 4.79 Å². The molecule has 0 spiro atoms. The number of hydrogen-bond acceptors (Lipinski definition) is 4. The minimum atomic E-state index is -3.41. The summed E-state index contributed by atoms with van der Waals surface area (Å²) < 4.78 is 31.2. The van der Waals surface area contributed by atoms with Crippen molar-refractivity contribution in [1.82, 2.24) is 4.90 Å². The fraction of sp³-hybridized carbons (Fsp3) is 0.350. The first-order chi connectivity index (χ1) is 12.9. The third-order valence-corrected chi connectivity index (χ3v) is 7.16. The van der Waals surface area contributed by atoms with Gasteiger partial charge < -0.3 is 9.64 Å². The van der Waals surface area contributed by atoms with Crippen molar-refractivity contribution in [2.45, 2.75) is 24.7 Å². The number of ether oxygens (including phenoxy) is 1. The summed E-state index contributed by atoms with van der Waals surface area (Å²) in [5, 5.41) is -0.263. The number of hydrogen-bond donors (Lipinski definition) is 0. The molecule has 7 heteroatoms. The summed E-state index contributed by atoms with van der Waals surface area (Å²) in [5.41, 5.74) is 0.599. The van der Waals surface area contributed by atoms with Crippen LogP contribution >= 0.6 is 11.6 Å². The predicted octanol–water partition coefficient (Wildman–Crippen LogP) is 3.50. The second-order valence-electron chi connectivity index (χ2n) is 6.56. The molecule has 0 aromatic heterocycles. The smallest absolute Gasteiger partial charge is 0.263 e. The number of para-hydroxylation sites is 1. The van der Waals surface area contributed by atoms with Gasteiger partial charge in [0.15, 0.2) is 15.9 Å². The van der Waals surface area contributed by atoms with E-state index in [1.807, 2.05) is 18.2 Å². The van der Waals surface area contributed by atoms with Crippen molar-refractivity contribution in [2.24, 2.45) is 0 Å². The summed E-state index contributed by atoms with van der Waals surface area (Å²) >= 11 is 6.21. The van der Waals surface area contributed by atoms with Crippen LogP contribution in [0.4, 0.5) is 0 Å². The summed E-state index contributed by atoms with van der Waals surface area (Å²) in [7, 11) is -3.41. The van der Waals surface area contributed by atoms with Crippen molar-refractivity contribution in [3.05, 3.63) is 65.2 Å². The van der Waals surface area contributed by atoms with Crippen molar-refractivity contribution >= 4 is 27.3 Å². The van der Waals surface area contributed by atoms with Gasteiger partial charge >= 0.3 is 0 Å². The zero-order valence-corrected chi connectivity index (χ0v) is 16.6. The van der Waals surface area contributed by atoms with E-state index in [1.165, 1.54) is 0 Å². The van der Waals surface area contributed by atoms with Crippen LogP contribution in [-0.4, -0.2) is 44.2 Å². The molecule has 0 aliphatic carbocycles. The van der Waals surface area contributed by atoms with Crippen molar-refractivity contribution in [2.75, 3.05) is 18.8 Å². The average Bonchev–Trinajstić information content (AvgIpc) is 2.80. The molecule has 0 bridgehead atoms. The van der Waals surface area contributed by atoms with Crippen LogP contribution in [0.2, 0.25) is 5.02 Å². The Labute approximate surface area is 164 Å². The van der Waals surface area contributed by atoms with E-state index in [1.54, 1.807) is 48.2 Å². The van der Waals surface area contributed by atoms with Crippen LogP contribution in [-0.2, 0) is 14.6 Å². The second-order valence-corrected chi connectivity index (χ2v) is 9.27. The maximum absolute atomic E-state index is 12.8. The lowest BCUT2D eigenvalue weighted by Crippen LogP contribution is -2.41. The van der Waals surface area contributed by atoms with Crippen molar-refractivity contribution in [1.29, 1.82) is 0 Å².